The van der Waals surface area contributed by atoms with Crippen LogP contribution in [0.3, 0.4) is 0 Å². The molecule has 0 unspecified atom stereocenters. The normalized spacial score (nSPS) is 14.2. The first-order chi connectivity index (χ1) is 19.0. The van der Waals surface area contributed by atoms with Gasteiger partial charge in [0.1, 0.15) is 23.9 Å². The Morgan fingerprint density at radius 3 is 2.59 bits per heavy atom. The predicted molar refractivity (Wildman–Crippen MR) is 150 cm³/mol. The van der Waals surface area contributed by atoms with Crippen molar-refractivity contribution in [1.82, 2.24) is 14.6 Å². The molecule has 204 valence electrons. The van der Waals surface area contributed by atoms with Crippen molar-refractivity contribution in [1.29, 1.82) is 0 Å². The van der Waals surface area contributed by atoms with Gasteiger partial charge in [0.05, 0.1) is 18.7 Å². The van der Waals surface area contributed by atoms with Gasteiger partial charge in [0.15, 0.2) is 11.5 Å². The van der Waals surface area contributed by atoms with Crippen LogP contribution in [0.5, 0.6) is 23.0 Å². The van der Waals surface area contributed by atoms with Gasteiger partial charge in [-0.05, 0) is 55.3 Å². The van der Waals surface area contributed by atoms with E-state index in [1.54, 1.807) is 49.7 Å². The topological polar surface area (TPSA) is 110 Å². The molecule has 2 aromatic carbocycles. The maximum absolute atomic E-state index is 12.8. The summed E-state index contributed by atoms with van der Waals surface area (Å²) in [5, 5.41) is 13.4. The first-order valence-electron chi connectivity index (χ1n) is 13.0. The fourth-order valence-electron chi connectivity index (χ4n) is 4.57. The van der Waals surface area contributed by atoms with Crippen LogP contribution in [0, 0.1) is 0 Å². The van der Waals surface area contributed by atoms with E-state index in [1.807, 2.05) is 36.1 Å². The zero-order valence-corrected chi connectivity index (χ0v) is 22.1. The Morgan fingerprint density at radius 1 is 1.05 bits per heavy atom. The number of rotatable bonds is 10. The van der Waals surface area contributed by atoms with Crippen molar-refractivity contribution < 1.29 is 24.1 Å². The van der Waals surface area contributed by atoms with Crippen LogP contribution in [0.2, 0.25) is 0 Å². The summed E-state index contributed by atoms with van der Waals surface area (Å²) in [4.78, 5) is 19.4. The van der Waals surface area contributed by atoms with E-state index >= 15 is 0 Å². The molecular formula is C29H33N5O5. The number of carbonyl (C=O) groups excluding carboxylic acids is 1. The summed E-state index contributed by atoms with van der Waals surface area (Å²) in [6.45, 7) is 3.13. The molecule has 1 aliphatic heterocycles. The van der Waals surface area contributed by atoms with Gasteiger partial charge in [-0.1, -0.05) is 0 Å². The maximum Gasteiger partial charge on any atom is 0.256 e. The van der Waals surface area contributed by atoms with Crippen molar-refractivity contribution in [2.45, 2.75) is 18.9 Å². The number of pyridine rings is 1. The number of nitrogens with zero attached hydrogens (tertiary/aromatic N) is 3. The zero-order valence-electron chi connectivity index (χ0n) is 22.1. The largest absolute Gasteiger partial charge is 0.493 e. The molecule has 1 saturated heterocycles. The van der Waals surface area contributed by atoms with Gasteiger partial charge in [-0.3, -0.25) is 14.4 Å². The van der Waals surface area contributed by atoms with Crippen LogP contribution < -0.4 is 25.0 Å². The number of anilines is 1. The molecular weight excluding hydrogens is 498 g/mol. The number of nitrogens with one attached hydrogen (secondary N) is 2. The lowest BCUT2D eigenvalue weighted by Crippen LogP contribution is -2.38. The van der Waals surface area contributed by atoms with Crippen LogP contribution in [0.15, 0.2) is 67.0 Å². The summed E-state index contributed by atoms with van der Waals surface area (Å²) in [5.41, 5.74) is 4.54. The Morgan fingerprint density at radius 2 is 1.85 bits per heavy atom. The number of aliphatic hydroxyl groups is 1. The third kappa shape index (κ3) is 6.42. The Hall–Kier alpha value is -4.28. The third-order valence-electron chi connectivity index (χ3n) is 6.77. The number of fused-ring (bicyclic) bond motifs is 1. The van der Waals surface area contributed by atoms with Gasteiger partial charge in [0, 0.05) is 62.2 Å². The number of methoxy groups -OCH3 is 1. The molecule has 2 aromatic heterocycles. The van der Waals surface area contributed by atoms with E-state index in [1.165, 1.54) is 0 Å². The van der Waals surface area contributed by atoms with Gasteiger partial charge in [-0.25, -0.2) is 4.98 Å². The highest BCUT2D eigenvalue weighted by atomic mass is 16.5. The molecule has 4 aromatic rings. The molecule has 3 heterocycles. The lowest BCUT2D eigenvalue weighted by atomic mass is 10.1. The number of amides is 1. The number of aliphatic hydroxyl groups excluding tert-OH is 1. The Labute approximate surface area is 227 Å². The first kappa shape index (κ1) is 26.3. The third-order valence-corrected chi connectivity index (χ3v) is 6.77. The second-order valence-electron chi connectivity index (χ2n) is 9.35. The lowest BCUT2D eigenvalue weighted by molar-refractivity contribution is 0.0755. The quantitative estimate of drug-likeness (QED) is 0.281. The van der Waals surface area contributed by atoms with Crippen molar-refractivity contribution >= 4 is 22.6 Å². The monoisotopic (exact) mass is 531 g/mol. The number of carbonyl (C=O) groups is 1. The van der Waals surface area contributed by atoms with Crippen LogP contribution in [-0.2, 0) is 0 Å². The molecule has 0 atom stereocenters. The standard InChI is InChI=1S/C29H33N5O5/c1-30-34-14-8-21-17-27(26(37-2)19-25(21)34)39-24-7-11-31-28(18-24)32-29(36)20-3-5-23(6-4-20)38-16-15-33-12-9-22(35)10-13-33/h3-8,11,14,17-19,22,30,35H,9-10,12-13,15-16H2,1-2H3,(H,31,32,36). The summed E-state index contributed by atoms with van der Waals surface area (Å²) in [7, 11) is 3.44. The number of benzene rings is 2. The molecule has 39 heavy (non-hydrogen) atoms. The molecule has 5 rings (SSSR count). The fourth-order valence-corrected chi connectivity index (χ4v) is 4.57. The van der Waals surface area contributed by atoms with E-state index in [-0.39, 0.29) is 12.0 Å². The van der Waals surface area contributed by atoms with Crippen LogP contribution in [0.25, 0.3) is 10.9 Å². The van der Waals surface area contributed by atoms with Gasteiger partial charge < -0.3 is 30.1 Å². The average molecular weight is 532 g/mol. The minimum atomic E-state index is -0.287. The summed E-state index contributed by atoms with van der Waals surface area (Å²) >= 11 is 0. The second-order valence-corrected chi connectivity index (χ2v) is 9.35. The van der Waals surface area contributed by atoms with Crippen molar-refractivity contribution in [3.63, 3.8) is 0 Å². The van der Waals surface area contributed by atoms with Gasteiger partial charge >= 0.3 is 0 Å². The smallest absolute Gasteiger partial charge is 0.256 e. The molecule has 3 N–H and O–H groups in total. The highest BCUT2D eigenvalue weighted by molar-refractivity contribution is 6.03. The summed E-state index contributed by atoms with van der Waals surface area (Å²) in [5.74, 6) is 2.43. The number of hydrogen-bond donors (Lipinski definition) is 3. The Bertz CT molecular complexity index is 1410. The predicted octanol–water partition coefficient (Wildman–Crippen LogP) is 4.10. The highest BCUT2D eigenvalue weighted by Gasteiger charge is 2.17. The van der Waals surface area contributed by atoms with Gasteiger partial charge in [0.2, 0.25) is 0 Å². The Balaban J connectivity index is 1.18. The molecule has 10 nitrogen and oxygen atoms in total. The molecule has 1 aliphatic rings. The highest BCUT2D eigenvalue weighted by Crippen LogP contribution is 2.36. The molecule has 0 bridgehead atoms. The minimum absolute atomic E-state index is 0.179. The van der Waals surface area contributed by atoms with Crippen LogP contribution in [-0.4, -0.2) is 72.1 Å². The molecule has 0 spiro atoms. The minimum Gasteiger partial charge on any atom is -0.493 e. The number of likely N-dealkylation sites (tertiary alicyclic amines) is 1. The summed E-state index contributed by atoms with van der Waals surface area (Å²) < 4.78 is 19.4. The van der Waals surface area contributed by atoms with Gasteiger partial charge in [0.25, 0.3) is 5.91 Å². The zero-order chi connectivity index (χ0) is 27.2. The van der Waals surface area contributed by atoms with Crippen LogP contribution >= 0.6 is 0 Å². The number of piperidine rings is 1. The van der Waals surface area contributed by atoms with Gasteiger partial charge in [-0.2, -0.15) is 0 Å². The average Bonchev–Trinajstić information content (AvgIpc) is 3.36. The SMILES string of the molecule is CNn1ccc2cc(Oc3ccnc(NC(=O)c4ccc(OCCN5CCC(O)CC5)cc4)c3)c(OC)cc21. The van der Waals surface area contributed by atoms with Crippen molar-refractivity contribution in [3.05, 3.63) is 72.6 Å². The van der Waals surface area contributed by atoms with Crippen molar-refractivity contribution in [2.75, 3.05) is 51.1 Å². The van der Waals surface area contributed by atoms with E-state index in [4.69, 9.17) is 14.2 Å². The van der Waals surface area contributed by atoms with E-state index in [2.05, 4.69) is 20.6 Å². The van der Waals surface area contributed by atoms with Crippen LogP contribution in [0.1, 0.15) is 23.2 Å². The Kier molecular flexibility index (Phi) is 8.14. The van der Waals surface area contributed by atoms with E-state index < -0.39 is 0 Å². The molecule has 0 radical (unpaired) electrons. The van der Waals surface area contributed by atoms with Crippen molar-refractivity contribution in [2.24, 2.45) is 0 Å². The fraction of sp³-hybridized carbons (Fsp3) is 0.310. The number of aromatic nitrogens is 2. The molecule has 1 fully saturated rings. The first-order valence-corrected chi connectivity index (χ1v) is 13.0. The van der Waals surface area contributed by atoms with E-state index in [0.717, 1.165) is 43.4 Å². The number of hydrogen-bond acceptors (Lipinski definition) is 8. The molecule has 10 heteroatoms. The second kappa shape index (κ2) is 12.1. The maximum atomic E-state index is 12.8. The molecule has 0 saturated carbocycles. The molecule has 0 aliphatic carbocycles. The summed E-state index contributed by atoms with van der Waals surface area (Å²) in [6.07, 6.45) is 4.94. The molecule has 1 amide bonds. The summed E-state index contributed by atoms with van der Waals surface area (Å²) in [6, 6.07) is 16.2. The van der Waals surface area contributed by atoms with Crippen molar-refractivity contribution in [3.8, 4) is 23.0 Å². The van der Waals surface area contributed by atoms with E-state index in [9.17, 15) is 9.90 Å². The van der Waals surface area contributed by atoms with Gasteiger partial charge in [-0.15, -0.1) is 0 Å². The lowest BCUT2D eigenvalue weighted by Gasteiger charge is -2.29. The number of ether oxygens (including phenoxy) is 3. The van der Waals surface area contributed by atoms with Crippen LogP contribution in [0.4, 0.5) is 5.82 Å². The van der Waals surface area contributed by atoms with E-state index in [0.29, 0.717) is 41.0 Å².